The van der Waals surface area contributed by atoms with Gasteiger partial charge in [0.25, 0.3) is 0 Å². The Kier molecular flexibility index (Phi) is 8.05. The van der Waals surface area contributed by atoms with Crippen molar-refractivity contribution in [2.45, 2.75) is 49.7 Å². The van der Waals surface area contributed by atoms with Gasteiger partial charge >= 0.3 is 0 Å². The fourth-order valence-electron chi connectivity index (χ4n) is 6.13. The van der Waals surface area contributed by atoms with Crippen LogP contribution in [0.15, 0.2) is 78.9 Å². The number of fused-ring (bicyclic) bond motifs is 1. The molecule has 0 spiro atoms. The van der Waals surface area contributed by atoms with Crippen molar-refractivity contribution >= 4 is 11.8 Å². The molecule has 0 saturated heterocycles. The molecule has 2 amide bonds. The Labute approximate surface area is 226 Å². The van der Waals surface area contributed by atoms with E-state index in [0.29, 0.717) is 18.5 Å². The third kappa shape index (κ3) is 4.98. The second-order valence-electron chi connectivity index (χ2n) is 11.0. The van der Waals surface area contributed by atoms with Crippen LogP contribution in [0.1, 0.15) is 52.9 Å². The average Bonchev–Trinajstić information content (AvgIpc) is 2.92. The molecule has 3 aromatic rings. The molecule has 6 heteroatoms. The summed E-state index contributed by atoms with van der Waals surface area (Å²) in [5.41, 5.74) is 9.11. The Morgan fingerprint density at radius 3 is 2.08 bits per heavy atom. The third-order valence-corrected chi connectivity index (χ3v) is 8.13. The molecule has 0 radical (unpaired) electrons. The highest BCUT2D eigenvalue weighted by Gasteiger charge is 2.45. The molecule has 0 aromatic heterocycles. The number of rotatable bonds is 9. The van der Waals surface area contributed by atoms with Crippen LogP contribution in [0.4, 0.5) is 0 Å². The molecule has 3 aromatic carbocycles. The van der Waals surface area contributed by atoms with Gasteiger partial charge in [0.1, 0.15) is 5.41 Å². The summed E-state index contributed by atoms with van der Waals surface area (Å²) < 4.78 is 5.98. The van der Waals surface area contributed by atoms with Gasteiger partial charge in [-0.15, -0.1) is 0 Å². The molecule has 200 valence electrons. The molecule has 0 heterocycles. The molecule has 2 atom stereocenters. The summed E-state index contributed by atoms with van der Waals surface area (Å²) >= 11 is 0. The van der Waals surface area contributed by atoms with E-state index in [1.165, 1.54) is 0 Å². The van der Waals surface area contributed by atoms with Crippen LogP contribution in [0.5, 0.6) is 0 Å². The first kappa shape index (κ1) is 27.6. The van der Waals surface area contributed by atoms with Gasteiger partial charge in [-0.3, -0.25) is 9.59 Å². The molecular weight excluding hydrogens is 474 g/mol. The van der Waals surface area contributed by atoms with Gasteiger partial charge in [-0.1, -0.05) is 80.6 Å². The van der Waals surface area contributed by atoms with E-state index in [1.807, 2.05) is 86.9 Å². The maximum Gasteiger partial charge on any atom is 0.248 e. The Morgan fingerprint density at radius 2 is 1.58 bits per heavy atom. The SMILES string of the molecule is CO[C@@H]1Cc2ccc(C(N)=O)cc2C(C)(C)[C@H]1NCCC(C(=O)N(C)C)(c1ccccc1)c1ccccc1. The van der Waals surface area contributed by atoms with Crippen LogP contribution >= 0.6 is 0 Å². The van der Waals surface area contributed by atoms with E-state index in [-0.39, 0.29) is 23.5 Å². The summed E-state index contributed by atoms with van der Waals surface area (Å²) in [6.07, 6.45) is 1.23. The van der Waals surface area contributed by atoms with Gasteiger partial charge in [0.05, 0.1) is 6.10 Å². The van der Waals surface area contributed by atoms with Gasteiger partial charge in [0.15, 0.2) is 0 Å². The molecular formula is C32H39N3O3. The Morgan fingerprint density at radius 1 is 1.00 bits per heavy atom. The van der Waals surface area contributed by atoms with E-state index in [1.54, 1.807) is 18.1 Å². The Balaban J connectivity index is 1.70. The van der Waals surface area contributed by atoms with Crippen LogP contribution in [0, 0.1) is 0 Å². The molecule has 6 nitrogen and oxygen atoms in total. The predicted molar refractivity (Wildman–Crippen MR) is 151 cm³/mol. The van der Waals surface area contributed by atoms with E-state index < -0.39 is 11.3 Å². The minimum Gasteiger partial charge on any atom is -0.379 e. The summed E-state index contributed by atoms with van der Waals surface area (Å²) in [7, 11) is 5.37. The van der Waals surface area contributed by atoms with Crippen molar-refractivity contribution in [1.29, 1.82) is 0 Å². The topological polar surface area (TPSA) is 84.7 Å². The highest BCUT2D eigenvalue weighted by Crippen LogP contribution is 2.40. The molecule has 0 fully saturated rings. The number of nitrogens with two attached hydrogens (primary N) is 1. The van der Waals surface area contributed by atoms with Gasteiger partial charge in [-0.2, -0.15) is 0 Å². The summed E-state index contributed by atoms with van der Waals surface area (Å²) in [6.45, 7) is 4.93. The number of primary amides is 1. The molecule has 0 unspecified atom stereocenters. The lowest BCUT2D eigenvalue weighted by atomic mass is 9.67. The van der Waals surface area contributed by atoms with Gasteiger partial charge in [0.2, 0.25) is 11.8 Å². The van der Waals surface area contributed by atoms with Crippen molar-refractivity contribution < 1.29 is 14.3 Å². The molecule has 1 aliphatic rings. The van der Waals surface area contributed by atoms with E-state index in [0.717, 1.165) is 28.7 Å². The van der Waals surface area contributed by atoms with Crippen molar-refractivity contribution in [3.8, 4) is 0 Å². The molecule has 0 aliphatic heterocycles. The van der Waals surface area contributed by atoms with Crippen molar-refractivity contribution in [2.75, 3.05) is 27.7 Å². The van der Waals surface area contributed by atoms with E-state index in [4.69, 9.17) is 10.5 Å². The van der Waals surface area contributed by atoms with Gasteiger partial charge in [0, 0.05) is 44.6 Å². The molecule has 0 saturated carbocycles. The first-order chi connectivity index (χ1) is 18.1. The van der Waals surface area contributed by atoms with Crippen LogP contribution < -0.4 is 11.1 Å². The lowest BCUT2D eigenvalue weighted by Crippen LogP contribution is -2.57. The van der Waals surface area contributed by atoms with Crippen molar-refractivity contribution in [2.24, 2.45) is 5.73 Å². The predicted octanol–water partition coefficient (Wildman–Crippen LogP) is 4.06. The monoisotopic (exact) mass is 513 g/mol. The number of amides is 2. The van der Waals surface area contributed by atoms with Gasteiger partial charge in [-0.25, -0.2) is 0 Å². The maximum atomic E-state index is 14.0. The number of hydrogen-bond acceptors (Lipinski definition) is 4. The van der Waals surface area contributed by atoms with Gasteiger partial charge < -0.3 is 20.7 Å². The summed E-state index contributed by atoms with van der Waals surface area (Å²) in [5.74, 6) is -0.390. The number of carbonyl (C=O) groups excluding carboxylic acids is 2. The minimum atomic E-state index is -0.850. The lowest BCUT2D eigenvalue weighted by Gasteiger charge is -2.46. The van der Waals surface area contributed by atoms with Crippen molar-refractivity contribution in [3.05, 3.63) is 107 Å². The average molecular weight is 514 g/mol. The second kappa shape index (κ2) is 11.1. The summed E-state index contributed by atoms with van der Waals surface area (Å²) in [6, 6.07) is 25.7. The molecule has 4 rings (SSSR count). The second-order valence-corrected chi connectivity index (χ2v) is 11.0. The van der Waals surface area contributed by atoms with E-state index in [9.17, 15) is 9.59 Å². The number of benzene rings is 3. The van der Waals surface area contributed by atoms with Crippen LogP contribution in [-0.4, -0.2) is 56.6 Å². The highest BCUT2D eigenvalue weighted by molar-refractivity contribution is 5.93. The number of ether oxygens (including phenoxy) is 1. The number of nitrogens with zero attached hydrogens (tertiary/aromatic N) is 1. The van der Waals surface area contributed by atoms with Crippen molar-refractivity contribution in [3.63, 3.8) is 0 Å². The quantitative estimate of drug-likeness (QED) is 0.452. The number of hydrogen-bond donors (Lipinski definition) is 2. The molecule has 1 aliphatic carbocycles. The summed E-state index contributed by atoms with van der Waals surface area (Å²) in [4.78, 5) is 27.6. The number of carbonyl (C=O) groups is 2. The first-order valence-corrected chi connectivity index (χ1v) is 13.1. The number of methoxy groups -OCH3 is 1. The van der Waals surface area contributed by atoms with Crippen LogP contribution in [-0.2, 0) is 26.8 Å². The lowest BCUT2D eigenvalue weighted by molar-refractivity contribution is -0.133. The zero-order chi connectivity index (χ0) is 27.5. The zero-order valence-electron chi connectivity index (χ0n) is 23.0. The minimum absolute atomic E-state index is 0.0400. The Bertz CT molecular complexity index is 1230. The van der Waals surface area contributed by atoms with Crippen LogP contribution in [0.3, 0.4) is 0 Å². The maximum absolute atomic E-state index is 14.0. The zero-order valence-corrected chi connectivity index (χ0v) is 23.0. The van der Waals surface area contributed by atoms with Crippen LogP contribution in [0.25, 0.3) is 0 Å². The van der Waals surface area contributed by atoms with E-state index in [2.05, 4.69) is 19.2 Å². The third-order valence-electron chi connectivity index (χ3n) is 8.13. The van der Waals surface area contributed by atoms with Gasteiger partial charge in [-0.05, 0) is 47.4 Å². The molecule has 0 bridgehead atoms. The van der Waals surface area contributed by atoms with Crippen molar-refractivity contribution in [1.82, 2.24) is 10.2 Å². The highest BCUT2D eigenvalue weighted by atomic mass is 16.5. The number of likely N-dealkylation sites (N-methyl/N-ethyl adjacent to an activating group) is 1. The fraction of sp³-hybridized carbons (Fsp3) is 0.375. The Hall–Kier alpha value is -3.48. The fourth-order valence-corrected chi connectivity index (χ4v) is 6.13. The normalized spacial score (nSPS) is 18.4. The summed E-state index contributed by atoms with van der Waals surface area (Å²) in [5, 5.41) is 3.78. The van der Waals surface area contributed by atoms with Crippen LogP contribution in [0.2, 0.25) is 0 Å². The largest absolute Gasteiger partial charge is 0.379 e. The first-order valence-electron chi connectivity index (χ1n) is 13.1. The number of nitrogens with one attached hydrogen (secondary N) is 1. The molecule has 38 heavy (non-hydrogen) atoms. The van der Waals surface area contributed by atoms with E-state index >= 15 is 0 Å². The smallest absolute Gasteiger partial charge is 0.248 e. The molecule has 3 N–H and O–H groups in total. The standard InChI is InChI=1S/C32H39N3O3/c1-31(2)26-20-23(29(33)36)17-16-22(26)21-27(38-5)28(31)34-19-18-32(30(37)35(3)4,24-12-8-6-9-13-24)25-14-10-7-11-15-25/h6-17,20,27-28,34H,18-19,21H2,1-5H3,(H2,33,36)/t27-,28+/m1/s1.